The highest BCUT2D eigenvalue weighted by atomic mass is 127. The van der Waals surface area contributed by atoms with Crippen LogP contribution in [0.5, 0.6) is 5.75 Å². The SMILES string of the molecule is Oc1c(Cl)cc(I)c2nc3ccccc3nc12. The summed E-state index contributed by atoms with van der Waals surface area (Å²) >= 11 is 8.06. The third-order valence-corrected chi connectivity index (χ3v) is 3.61. The molecule has 2 aromatic carbocycles. The second-order valence-corrected chi connectivity index (χ2v) is 5.17. The minimum atomic E-state index is -0.0136. The van der Waals surface area contributed by atoms with E-state index in [-0.39, 0.29) is 5.75 Å². The van der Waals surface area contributed by atoms with E-state index in [1.54, 1.807) is 6.07 Å². The summed E-state index contributed by atoms with van der Waals surface area (Å²) in [5.41, 5.74) is 2.67. The summed E-state index contributed by atoms with van der Waals surface area (Å²) in [5.74, 6) is -0.0136. The number of aromatic nitrogens is 2. The van der Waals surface area contributed by atoms with Crippen molar-refractivity contribution in [2.75, 3.05) is 0 Å². The monoisotopic (exact) mass is 356 g/mol. The summed E-state index contributed by atoms with van der Waals surface area (Å²) in [5, 5.41) is 10.2. The summed E-state index contributed by atoms with van der Waals surface area (Å²) in [6, 6.07) is 9.22. The molecule has 0 aliphatic heterocycles. The predicted molar refractivity (Wildman–Crippen MR) is 76.4 cm³/mol. The summed E-state index contributed by atoms with van der Waals surface area (Å²) < 4.78 is 0.874. The van der Waals surface area contributed by atoms with Gasteiger partial charge in [-0.2, -0.15) is 0 Å². The van der Waals surface area contributed by atoms with Crippen LogP contribution in [0.2, 0.25) is 5.02 Å². The molecular formula is C12H6ClIN2O. The molecule has 0 bridgehead atoms. The molecule has 5 heteroatoms. The van der Waals surface area contributed by atoms with E-state index in [0.717, 1.165) is 14.6 Å². The highest BCUT2D eigenvalue weighted by Gasteiger charge is 2.12. The van der Waals surface area contributed by atoms with Gasteiger partial charge in [0.05, 0.1) is 16.1 Å². The Morgan fingerprint density at radius 3 is 2.29 bits per heavy atom. The average Bonchev–Trinajstić information content (AvgIpc) is 2.34. The Balaban J connectivity index is 2.56. The molecule has 0 aliphatic rings. The fourth-order valence-corrected chi connectivity index (χ4v) is 2.76. The highest BCUT2D eigenvalue weighted by Crippen LogP contribution is 2.34. The Morgan fingerprint density at radius 1 is 1.06 bits per heavy atom. The maximum Gasteiger partial charge on any atom is 0.162 e. The van der Waals surface area contributed by atoms with E-state index < -0.39 is 0 Å². The van der Waals surface area contributed by atoms with E-state index >= 15 is 0 Å². The van der Waals surface area contributed by atoms with E-state index in [4.69, 9.17) is 11.6 Å². The molecule has 1 aromatic heterocycles. The van der Waals surface area contributed by atoms with Crippen LogP contribution >= 0.6 is 34.2 Å². The first kappa shape index (κ1) is 11.0. The van der Waals surface area contributed by atoms with Crippen molar-refractivity contribution in [2.24, 2.45) is 0 Å². The third-order valence-electron chi connectivity index (χ3n) is 2.50. The largest absolute Gasteiger partial charge is 0.504 e. The molecule has 3 rings (SSSR count). The first-order chi connectivity index (χ1) is 8.16. The number of para-hydroxylation sites is 2. The molecule has 0 amide bonds. The van der Waals surface area contributed by atoms with Gasteiger partial charge in [0.25, 0.3) is 0 Å². The first-order valence-corrected chi connectivity index (χ1v) is 6.36. The van der Waals surface area contributed by atoms with Gasteiger partial charge in [-0.15, -0.1) is 0 Å². The number of halogens is 2. The second-order valence-electron chi connectivity index (χ2n) is 3.60. The molecule has 0 radical (unpaired) electrons. The lowest BCUT2D eigenvalue weighted by molar-refractivity contribution is 0.480. The molecule has 0 spiro atoms. The smallest absolute Gasteiger partial charge is 0.162 e. The zero-order valence-electron chi connectivity index (χ0n) is 8.48. The number of phenolic OH excluding ortho intramolecular Hbond substituents is 1. The topological polar surface area (TPSA) is 46.0 Å². The molecule has 1 N–H and O–H groups in total. The van der Waals surface area contributed by atoms with Gasteiger partial charge in [-0.1, -0.05) is 23.7 Å². The number of aromatic hydroxyl groups is 1. The quantitative estimate of drug-likeness (QED) is 0.493. The normalized spacial score (nSPS) is 11.2. The van der Waals surface area contributed by atoms with Gasteiger partial charge >= 0.3 is 0 Å². The van der Waals surface area contributed by atoms with Crippen molar-refractivity contribution < 1.29 is 5.11 Å². The fraction of sp³-hybridized carbons (Fsp3) is 0. The van der Waals surface area contributed by atoms with Gasteiger partial charge in [-0.05, 0) is 40.8 Å². The van der Waals surface area contributed by atoms with Crippen LogP contribution in [0.3, 0.4) is 0 Å². The van der Waals surface area contributed by atoms with E-state index in [1.165, 1.54) is 0 Å². The van der Waals surface area contributed by atoms with Crippen LogP contribution in [0.15, 0.2) is 30.3 Å². The van der Waals surface area contributed by atoms with Crippen molar-refractivity contribution in [2.45, 2.75) is 0 Å². The summed E-state index contributed by atoms with van der Waals surface area (Å²) in [6.45, 7) is 0. The van der Waals surface area contributed by atoms with E-state index in [2.05, 4.69) is 32.6 Å². The Labute approximate surface area is 116 Å². The van der Waals surface area contributed by atoms with Gasteiger partial charge in [0.2, 0.25) is 0 Å². The Morgan fingerprint density at radius 2 is 1.65 bits per heavy atom. The molecule has 0 atom stereocenters. The number of rotatable bonds is 0. The van der Waals surface area contributed by atoms with Crippen molar-refractivity contribution in [1.82, 2.24) is 9.97 Å². The zero-order valence-corrected chi connectivity index (χ0v) is 11.4. The molecule has 17 heavy (non-hydrogen) atoms. The average molecular weight is 357 g/mol. The van der Waals surface area contributed by atoms with E-state index in [0.29, 0.717) is 16.1 Å². The lowest BCUT2D eigenvalue weighted by Crippen LogP contribution is -1.90. The fourth-order valence-electron chi connectivity index (χ4n) is 1.69. The van der Waals surface area contributed by atoms with Crippen LogP contribution in [0.1, 0.15) is 0 Å². The highest BCUT2D eigenvalue weighted by molar-refractivity contribution is 14.1. The van der Waals surface area contributed by atoms with E-state index in [1.807, 2.05) is 24.3 Å². The van der Waals surface area contributed by atoms with Crippen molar-refractivity contribution >= 4 is 56.3 Å². The van der Waals surface area contributed by atoms with Crippen LogP contribution in [-0.4, -0.2) is 15.1 Å². The van der Waals surface area contributed by atoms with Gasteiger partial charge < -0.3 is 5.11 Å². The maximum absolute atomic E-state index is 9.90. The number of phenols is 1. The van der Waals surface area contributed by atoms with Gasteiger partial charge in [0.1, 0.15) is 11.0 Å². The Hall–Kier alpha value is -1.14. The van der Waals surface area contributed by atoms with E-state index in [9.17, 15) is 5.11 Å². The predicted octanol–water partition coefficient (Wildman–Crippen LogP) is 3.75. The van der Waals surface area contributed by atoms with Crippen LogP contribution in [-0.2, 0) is 0 Å². The van der Waals surface area contributed by atoms with Crippen molar-refractivity contribution in [3.05, 3.63) is 38.9 Å². The molecule has 0 saturated carbocycles. The lowest BCUT2D eigenvalue weighted by Gasteiger charge is -2.05. The molecule has 84 valence electrons. The molecule has 0 unspecified atom stereocenters. The number of fused-ring (bicyclic) bond motifs is 2. The zero-order chi connectivity index (χ0) is 12.0. The number of nitrogens with zero attached hydrogens (tertiary/aromatic N) is 2. The molecule has 1 heterocycles. The van der Waals surface area contributed by atoms with Crippen LogP contribution in [0, 0.1) is 3.57 Å². The van der Waals surface area contributed by atoms with Crippen LogP contribution in [0.4, 0.5) is 0 Å². The van der Waals surface area contributed by atoms with Gasteiger partial charge in [0.15, 0.2) is 5.75 Å². The standard InChI is InChI=1S/C12H6ClIN2O/c13-6-5-7(14)10-11(12(6)17)16-9-4-2-1-3-8(9)15-10/h1-5,17H. The summed E-state index contributed by atoms with van der Waals surface area (Å²) in [6.07, 6.45) is 0. The maximum atomic E-state index is 9.90. The van der Waals surface area contributed by atoms with Crippen LogP contribution in [0.25, 0.3) is 22.1 Å². The Kier molecular flexibility index (Phi) is 2.56. The molecule has 0 saturated heterocycles. The van der Waals surface area contributed by atoms with Gasteiger partial charge in [-0.25, -0.2) is 9.97 Å². The summed E-state index contributed by atoms with van der Waals surface area (Å²) in [4.78, 5) is 8.89. The van der Waals surface area contributed by atoms with Gasteiger partial charge in [-0.3, -0.25) is 0 Å². The van der Waals surface area contributed by atoms with Crippen molar-refractivity contribution in [3.63, 3.8) is 0 Å². The number of hydrogen-bond donors (Lipinski definition) is 1. The minimum Gasteiger partial charge on any atom is -0.504 e. The molecule has 0 fully saturated rings. The molecule has 0 aliphatic carbocycles. The number of benzene rings is 2. The second kappa shape index (κ2) is 3.96. The molecule has 3 aromatic rings. The molecule has 3 nitrogen and oxygen atoms in total. The summed E-state index contributed by atoms with van der Waals surface area (Å²) in [7, 11) is 0. The number of hydrogen-bond acceptors (Lipinski definition) is 3. The van der Waals surface area contributed by atoms with Crippen molar-refractivity contribution in [1.29, 1.82) is 0 Å². The third kappa shape index (κ3) is 1.71. The minimum absolute atomic E-state index is 0.0136. The molecular weight excluding hydrogens is 351 g/mol. The lowest BCUT2D eigenvalue weighted by atomic mass is 10.2. The van der Waals surface area contributed by atoms with Gasteiger partial charge in [0, 0.05) is 3.57 Å². The van der Waals surface area contributed by atoms with Crippen molar-refractivity contribution in [3.8, 4) is 5.75 Å². The Bertz CT molecular complexity index is 745. The van der Waals surface area contributed by atoms with Crippen LogP contribution < -0.4 is 0 Å². The first-order valence-electron chi connectivity index (χ1n) is 4.90.